The second-order valence-corrected chi connectivity index (χ2v) is 4.73. The van der Waals surface area contributed by atoms with Gasteiger partial charge in [0.2, 0.25) is 0 Å². The minimum atomic E-state index is -0.891. The summed E-state index contributed by atoms with van der Waals surface area (Å²) in [5.41, 5.74) is -1.38. The van der Waals surface area contributed by atoms with Gasteiger partial charge in [0.05, 0.1) is 27.6 Å². The standard InChI is InChI=1S/C13H12N2O7/c16-11-1-3-12(4-2-11)22-13(17)8-5-9(14(18)19)7-10(6-8)15(20)21/h1,3,5-7,11-12,16H,2,4H2/t11-,12-/m0/s1. The highest BCUT2D eigenvalue weighted by Crippen LogP contribution is 2.24. The molecule has 0 heterocycles. The highest BCUT2D eigenvalue weighted by molar-refractivity contribution is 5.91. The average Bonchev–Trinajstić information content (AvgIpc) is 2.49. The summed E-state index contributed by atoms with van der Waals surface area (Å²) in [7, 11) is 0. The number of benzene rings is 1. The Morgan fingerprint density at radius 2 is 1.68 bits per heavy atom. The highest BCUT2D eigenvalue weighted by Gasteiger charge is 2.23. The first kappa shape index (κ1) is 15.6. The van der Waals surface area contributed by atoms with Crippen molar-refractivity contribution in [3.05, 3.63) is 56.1 Å². The molecule has 0 radical (unpaired) electrons. The third-order valence-corrected chi connectivity index (χ3v) is 3.11. The molecule has 116 valence electrons. The van der Waals surface area contributed by atoms with Gasteiger partial charge in [0.25, 0.3) is 11.4 Å². The number of rotatable bonds is 4. The lowest BCUT2D eigenvalue weighted by molar-refractivity contribution is -0.394. The number of carbonyl (C=O) groups is 1. The molecule has 2 rings (SSSR count). The van der Waals surface area contributed by atoms with Gasteiger partial charge in [0.15, 0.2) is 0 Å². The van der Waals surface area contributed by atoms with Crippen LogP contribution in [0.1, 0.15) is 23.2 Å². The van der Waals surface area contributed by atoms with Crippen molar-refractivity contribution >= 4 is 17.3 Å². The van der Waals surface area contributed by atoms with Crippen molar-refractivity contribution in [2.45, 2.75) is 25.0 Å². The maximum Gasteiger partial charge on any atom is 0.339 e. The van der Waals surface area contributed by atoms with Crippen LogP contribution in [-0.4, -0.2) is 33.1 Å². The number of aliphatic hydroxyl groups excluding tert-OH is 1. The van der Waals surface area contributed by atoms with E-state index in [2.05, 4.69) is 0 Å². The number of aliphatic hydroxyl groups is 1. The molecule has 1 N–H and O–H groups in total. The molecule has 0 unspecified atom stereocenters. The zero-order valence-electron chi connectivity index (χ0n) is 11.2. The highest BCUT2D eigenvalue weighted by atomic mass is 16.6. The molecule has 0 amide bonds. The fourth-order valence-electron chi connectivity index (χ4n) is 2.01. The van der Waals surface area contributed by atoms with Crippen LogP contribution < -0.4 is 0 Å². The van der Waals surface area contributed by atoms with E-state index in [1.54, 1.807) is 0 Å². The molecule has 0 aliphatic heterocycles. The Balaban J connectivity index is 2.23. The minimum absolute atomic E-state index is 0.263. The van der Waals surface area contributed by atoms with Crippen LogP contribution in [0.2, 0.25) is 0 Å². The number of non-ortho nitro benzene ring substituents is 2. The van der Waals surface area contributed by atoms with Crippen molar-refractivity contribution in [1.82, 2.24) is 0 Å². The van der Waals surface area contributed by atoms with Crippen molar-refractivity contribution in [3.63, 3.8) is 0 Å². The molecule has 22 heavy (non-hydrogen) atoms. The van der Waals surface area contributed by atoms with Gasteiger partial charge in [-0.15, -0.1) is 0 Å². The maximum atomic E-state index is 12.0. The number of esters is 1. The Bertz CT molecular complexity index is 624. The molecule has 0 aromatic heterocycles. The fraction of sp³-hybridized carbons (Fsp3) is 0.308. The summed E-state index contributed by atoms with van der Waals surface area (Å²) in [6, 6.07) is 2.63. The van der Waals surface area contributed by atoms with Crippen molar-refractivity contribution in [2.24, 2.45) is 0 Å². The first-order valence-electron chi connectivity index (χ1n) is 6.38. The lowest BCUT2D eigenvalue weighted by atomic mass is 10.0. The smallest absolute Gasteiger partial charge is 0.339 e. The van der Waals surface area contributed by atoms with Gasteiger partial charge in [-0.1, -0.05) is 6.08 Å². The number of nitro benzene ring substituents is 2. The number of nitrogens with zero attached hydrogens (tertiary/aromatic N) is 2. The molecule has 9 heteroatoms. The Labute approximate surface area is 124 Å². The van der Waals surface area contributed by atoms with E-state index >= 15 is 0 Å². The van der Waals surface area contributed by atoms with Crippen LogP contribution in [0.25, 0.3) is 0 Å². The van der Waals surface area contributed by atoms with E-state index in [-0.39, 0.29) is 5.56 Å². The summed E-state index contributed by atoms with van der Waals surface area (Å²) in [5, 5.41) is 30.8. The van der Waals surface area contributed by atoms with Crippen LogP contribution in [0, 0.1) is 20.2 Å². The van der Waals surface area contributed by atoms with E-state index in [4.69, 9.17) is 4.74 Å². The lowest BCUT2D eigenvalue weighted by Crippen LogP contribution is -2.22. The summed E-state index contributed by atoms with van der Waals surface area (Å²) in [4.78, 5) is 31.9. The number of ether oxygens (including phenoxy) is 1. The fourth-order valence-corrected chi connectivity index (χ4v) is 2.01. The van der Waals surface area contributed by atoms with E-state index in [1.807, 2.05) is 0 Å². The monoisotopic (exact) mass is 308 g/mol. The van der Waals surface area contributed by atoms with Crippen LogP contribution in [0.15, 0.2) is 30.4 Å². The predicted molar refractivity (Wildman–Crippen MR) is 73.3 cm³/mol. The van der Waals surface area contributed by atoms with Crippen LogP contribution in [-0.2, 0) is 4.74 Å². The van der Waals surface area contributed by atoms with Crippen molar-refractivity contribution in [3.8, 4) is 0 Å². The van der Waals surface area contributed by atoms with E-state index in [9.17, 15) is 30.1 Å². The average molecular weight is 308 g/mol. The third kappa shape index (κ3) is 3.64. The zero-order valence-corrected chi connectivity index (χ0v) is 11.2. The number of carbonyl (C=O) groups excluding carboxylic acids is 1. The molecule has 9 nitrogen and oxygen atoms in total. The van der Waals surface area contributed by atoms with E-state index in [0.717, 1.165) is 18.2 Å². The van der Waals surface area contributed by atoms with Crippen LogP contribution in [0.4, 0.5) is 11.4 Å². The molecule has 0 spiro atoms. The first-order valence-corrected chi connectivity index (χ1v) is 6.38. The Hall–Kier alpha value is -2.81. The quantitative estimate of drug-likeness (QED) is 0.387. The summed E-state index contributed by atoms with van der Waals surface area (Å²) < 4.78 is 5.11. The second kappa shape index (κ2) is 6.31. The molecule has 0 fully saturated rings. The third-order valence-electron chi connectivity index (χ3n) is 3.11. The Morgan fingerprint density at radius 1 is 1.09 bits per heavy atom. The van der Waals surface area contributed by atoms with Crippen molar-refractivity contribution < 1.29 is 24.5 Å². The molecule has 1 aliphatic carbocycles. The lowest BCUT2D eigenvalue weighted by Gasteiger charge is -2.19. The van der Waals surface area contributed by atoms with E-state index in [1.165, 1.54) is 12.2 Å². The van der Waals surface area contributed by atoms with Gasteiger partial charge in [-0.05, 0) is 18.9 Å². The summed E-state index contributed by atoms with van der Waals surface area (Å²) in [6.45, 7) is 0. The molecular formula is C13H12N2O7. The molecule has 1 aromatic rings. The second-order valence-electron chi connectivity index (χ2n) is 4.73. The van der Waals surface area contributed by atoms with Gasteiger partial charge < -0.3 is 9.84 Å². The van der Waals surface area contributed by atoms with Crippen molar-refractivity contribution in [2.75, 3.05) is 0 Å². The van der Waals surface area contributed by atoms with Crippen LogP contribution in [0.5, 0.6) is 0 Å². The van der Waals surface area contributed by atoms with E-state index in [0.29, 0.717) is 12.8 Å². The molecular weight excluding hydrogens is 296 g/mol. The molecule has 0 saturated heterocycles. The molecule has 1 aromatic carbocycles. The van der Waals surface area contributed by atoms with Gasteiger partial charge in [-0.3, -0.25) is 20.2 Å². The number of hydrogen-bond donors (Lipinski definition) is 1. The molecule has 1 aliphatic rings. The Morgan fingerprint density at radius 3 is 2.14 bits per heavy atom. The van der Waals surface area contributed by atoms with Gasteiger partial charge in [0, 0.05) is 12.1 Å². The van der Waals surface area contributed by atoms with Gasteiger partial charge in [-0.2, -0.15) is 0 Å². The number of nitro groups is 2. The van der Waals surface area contributed by atoms with Crippen LogP contribution in [0.3, 0.4) is 0 Å². The maximum absolute atomic E-state index is 12.0. The topological polar surface area (TPSA) is 133 Å². The summed E-state index contributed by atoms with van der Waals surface area (Å²) >= 11 is 0. The summed E-state index contributed by atoms with van der Waals surface area (Å²) in [5.74, 6) is -0.891. The van der Waals surface area contributed by atoms with Gasteiger partial charge in [0.1, 0.15) is 6.10 Å². The predicted octanol–water partition coefficient (Wildman–Crippen LogP) is 1.74. The van der Waals surface area contributed by atoms with Crippen LogP contribution >= 0.6 is 0 Å². The molecule has 0 bridgehead atoms. The zero-order chi connectivity index (χ0) is 16.3. The Kier molecular flexibility index (Phi) is 4.47. The first-order chi connectivity index (χ1) is 10.4. The number of hydrogen-bond acceptors (Lipinski definition) is 7. The molecule has 2 atom stereocenters. The SMILES string of the molecule is O=C(O[C@H]1C=C[C@H](O)CC1)c1cc([N+](=O)[O-])cc([N+](=O)[O-])c1. The minimum Gasteiger partial charge on any atom is -0.455 e. The van der Waals surface area contributed by atoms with Gasteiger partial charge >= 0.3 is 5.97 Å². The van der Waals surface area contributed by atoms with Crippen molar-refractivity contribution in [1.29, 1.82) is 0 Å². The van der Waals surface area contributed by atoms with E-state index < -0.39 is 39.4 Å². The van der Waals surface area contributed by atoms with Gasteiger partial charge in [-0.25, -0.2) is 4.79 Å². The largest absolute Gasteiger partial charge is 0.455 e. The normalized spacial score (nSPS) is 20.4. The molecule has 0 saturated carbocycles. The summed E-state index contributed by atoms with van der Waals surface area (Å²) in [6.07, 6.45) is 2.65.